The lowest BCUT2D eigenvalue weighted by atomic mass is 10.1. The number of hydrogen-bond donors (Lipinski definition) is 2. The van der Waals surface area contributed by atoms with Crippen LogP contribution in [0.15, 0.2) is 18.5 Å². The quantitative estimate of drug-likeness (QED) is 0.791. The van der Waals surface area contributed by atoms with E-state index in [4.69, 9.17) is 0 Å². The van der Waals surface area contributed by atoms with Crippen molar-refractivity contribution in [3.63, 3.8) is 0 Å². The van der Waals surface area contributed by atoms with Crippen molar-refractivity contribution in [3.8, 4) is 0 Å². The fraction of sp³-hybridized carbons (Fsp3) is 0.667. The molecule has 1 fully saturated rings. The second-order valence-electron chi connectivity index (χ2n) is 5.60. The van der Waals surface area contributed by atoms with Crippen molar-refractivity contribution in [2.45, 2.75) is 51.7 Å². The minimum atomic E-state index is 0.0870. The number of carbonyl (C=O) groups is 1. The molecule has 2 unspecified atom stereocenters. The van der Waals surface area contributed by atoms with E-state index in [1.807, 2.05) is 24.7 Å². The highest BCUT2D eigenvalue weighted by Crippen LogP contribution is 2.40. The summed E-state index contributed by atoms with van der Waals surface area (Å²) in [6, 6.07) is 2.81. The molecule has 19 heavy (non-hydrogen) atoms. The second-order valence-corrected chi connectivity index (χ2v) is 5.60. The van der Waals surface area contributed by atoms with Gasteiger partial charge < -0.3 is 15.2 Å². The molecule has 1 amide bonds. The Kier molecular flexibility index (Phi) is 4.64. The number of hydrogen-bond acceptors (Lipinski definition) is 2. The van der Waals surface area contributed by atoms with Crippen LogP contribution in [0.25, 0.3) is 0 Å². The zero-order valence-corrected chi connectivity index (χ0v) is 12.1. The zero-order chi connectivity index (χ0) is 13.8. The van der Waals surface area contributed by atoms with Crippen molar-refractivity contribution in [1.82, 2.24) is 15.2 Å². The Hall–Kier alpha value is -1.29. The van der Waals surface area contributed by atoms with Crippen molar-refractivity contribution in [2.24, 2.45) is 5.92 Å². The molecule has 4 heteroatoms. The van der Waals surface area contributed by atoms with Crippen molar-refractivity contribution in [3.05, 3.63) is 24.0 Å². The number of amides is 1. The van der Waals surface area contributed by atoms with Crippen LogP contribution in [0.4, 0.5) is 0 Å². The third-order valence-electron chi connectivity index (χ3n) is 3.88. The Morgan fingerprint density at radius 2 is 2.26 bits per heavy atom. The molecule has 1 heterocycles. The summed E-state index contributed by atoms with van der Waals surface area (Å²) in [5, 5.41) is 6.36. The number of aromatic nitrogens is 1. The van der Waals surface area contributed by atoms with Crippen LogP contribution in [-0.2, 0) is 11.3 Å². The molecule has 0 spiro atoms. The zero-order valence-electron chi connectivity index (χ0n) is 12.1. The molecule has 2 N–H and O–H groups in total. The van der Waals surface area contributed by atoms with Crippen LogP contribution in [0.3, 0.4) is 0 Å². The number of nitrogens with zero attached hydrogens (tertiary/aromatic N) is 1. The summed E-state index contributed by atoms with van der Waals surface area (Å²) in [6.07, 6.45) is 7.68. The van der Waals surface area contributed by atoms with Gasteiger partial charge in [0, 0.05) is 24.5 Å². The van der Waals surface area contributed by atoms with Gasteiger partial charge in [-0.2, -0.15) is 0 Å². The van der Waals surface area contributed by atoms with Crippen LogP contribution >= 0.6 is 0 Å². The van der Waals surface area contributed by atoms with Gasteiger partial charge in [0.25, 0.3) is 0 Å². The Labute approximate surface area is 115 Å². The third kappa shape index (κ3) is 3.83. The number of carbonyl (C=O) groups excluding carboxylic acids is 1. The SMILES string of the molecule is CCC(C)NC(=O)Cn1ccc(C(NC)C2CC2)c1. The molecule has 106 valence electrons. The van der Waals surface area contributed by atoms with Crippen molar-refractivity contribution < 1.29 is 4.79 Å². The number of rotatable bonds is 7. The summed E-state index contributed by atoms with van der Waals surface area (Å²) in [7, 11) is 2.01. The molecule has 0 aromatic carbocycles. The molecule has 0 aliphatic heterocycles. The first-order valence-electron chi connectivity index (χ1n) is 7.26. The molecular formula is C15H25N3O. The van der Waals surface area contributed by atoms with E-state index in [2.05, 4.69) is 29.8 Å². The molecule has 1 aromatic rings. The van der Waals surface area contributed by atoms with Crippen LogP contribution in [-0.4, -0.2) is 23.6 Å². The monoisotopic (exact) mass is 263 g/mol. The summed E-state index contributed by atoms with van der Waals surface area (Å²) in [6.45, 7) is 4.51. The van der Waals surface area contributed by atoms with E-state index in [0.29, 0.717) is 12.6 Å². The fourth-order valence-corrected chi connectivity index (χ4v) is 2.43. The van der Waals surface area contributed by atoms with Crippen LogP contribution in [0.5, 0.6) is 0 Å². The van der Waals surface area contributed by atoms with Crippen LogP contribution in [0.2, 0.25) is 0 Å². The first-order valence-corrected chi connectivity index (χ1v) is 7.26. The van der Waals surface area contributed by atoms with E-state index in [1.54, 1.807) is 0 Å². The van der Waals surface area contributed by atoms with E-state index >= 15 is 0 Å². The maximum atomic E-state index is 11.8. The largest absolute Gasteiger partial charge is 0.352 e. The predicted molar refractivity (Wildman–Crippen MR) is 76.9 cm³/mol. The summed E-state index contributed by atoms with van der Waals surface area (Å²) in [5.74, 6) is 0.860. The van der Waals surface area contributed by atoms with E-state index in [1.165, 1.54) is 18.4 Å². The minimum absolute atomic E-state index is 0.0870. The lowest BCUT2D eigenvalue weighted by Gasteiger charge is -2.14. The Bertz CT molecular complexity index is 423. The van der Waals surface area contributed by atoms with Gasteiger partial charge >= 0.3 is 0 Å². The van der Waals surface area contributed by atoms with Crippen molar-refractivity contribution in [1.29, 1.82) is 0 Å². The second kappa shape index (κ2) is 6.24. The Morgan fingerprint density at radius 1 is 1.53 bits per heavy atom. The Morgan fingerprint density at radius 3 is 2.84 bits per heavy atom. The summed E-state index contributed by atoms with van der Waals surface area (Å²) in [5.41, 5.74) is 1.29. The molecule has 1 aliphatic carbocycles. The molecule has 0 bridgehead atoms. The minimum Gasteiger partial charge on any atom is -0.352 e. The van der Waals surface area contributed by atoms with Gasteiger partial charge in [-0.1, -0.05) is 6.92 Å². The summed E-state index contributed by atoms with van der Waals surface area (Å²) in [4.78, 5) is 11.8. The number of nitrogens with one attached hydrogen (secondary N) is 2. The molecule has 2 rings (SSSR count). The van der Waals surface area contributed by atoms with Crippen molar-refractivity contribution in [2.75, 3.05) is 7.05 Å². The summed E-state index contributed by atoms with van der Waals surface area (Å²) < 4.78 is 1.97. The van der Waals surface area contributed by atoms with Gasteiger partial charge in [-0.15, -0.1) is 0 Å². The smallest absolute Gasteiger partial charge is 0.240 e. The normalized spacial score (nSPS) is 18.1. The molecular weight excluding hydrogens is 238 g/mol. The van der Waals surface area contributed by atoms with Crippen LogP contribution in [0, 0.1) is 5.92 Å². The van der Waals surface area contributed by atoms with E-state index < -0.39 is 0 Å². The van der Waals surface area contributed by atoms with Gasteiger partial charge in [0.2, 0.25) is 5.91 Å². The molecule has 1 aromatic heterocycles. The van der Waals surface area contributed by atoms with Gasteiger partial charge in [-0.25, -0.2) is 0 Å². The van der Waals surface area contributed by atoms with Gasteiger partial charge in [-0.05, 0) is 50.8 Å². The van der Waals surface area contributed by atoms with Gasteiger partial charge in [0.05, 0.1) is 0 Å². The molecule has 0 saturated heterocycles. The van der Waals surface area contributed by atoms with Gasteiger partial charge in [-0.3, -0.25) is 4.79 Å². The molecule has 1 aliphatic rings. The Balaban J connectivity index is 1.91. The first kappa shape index (κ1) is 14.1. The van der Waals surface area contributed by atoms with E-state index in [0.717, 1.165) is 12.3 Å². The highest BCUT2D eigenvalue weighted by atomic mass is 16.2. The predicted octanol–water partition coefficient (Wildman–Crippen LogP) is 2.07. The first-order chi connectivity index (χ1) is 9.13. The molecule has 4 nitrogen and oxygen atoms in total. The average Bonchev–Trinajstić information content (AvgIpc) is 3.11. The maximum Gasteiger partial charge on any atom is 0.240 e. The van der Waals surface area contributed by atoms with Crippen molar-refractivity contribution >= 4 is 5.91 Å². The average molecular weight is 263 g/mol. The lowest BCUT2D eigenvalue weighted by Crippen LogP contribution is -2.34. The fourth-order valence-electron chi connectivity index (χ4n) is 2.43. The molecule has 0 radical (unpaired) electrons. The molecule has 1 saturated carbocycles. The summed E-state index contributed by atoms with van der Waals surface area (Å²) >= 11 is 0. The standard InChI is InChI=1S/C15H25N3O/c1-4-11(2)17-14(19)10-18-8-7-13(9-18)15(16-3)12-5-6-12/h7-9,11-12,15-16H,4-6,10H2,1-3H3,(H,17,19). The van der Waals surface area contributed by atoms with E-state index in [-0.39, 0.29) is 11.9 Å². The maximum absolute atomic E-state index is 11.8. The van der Waals surface area contributed by atoms with E-state index in [9.17, 15) is 4.79 Å². The lowest BCUT2D eigenvalue weighted by molar-refractivity contribution is -0.122. The topological polar surface area (TPSA) is 46.1 Å². The van der Waals surface area contributed by atoms with Gasteiger partial charge in [0.15, 0.2) is 0 Å². The van der Waals surface area contributed by atoms with Gasteiger partial charge in [0.1, 0.15) is 6.54 Å². The molecule has 2 atom stereocenters. The van der Waals surface area contributed by atoms with Crippen LogP contribution < -0.4 is 10.6 Å². The highest BCUT2D eigenvalue weighted by Gasteiger charge is 2.31. The van der Waals surface area contributed by atoms with Crippen LogP contribution in [0.1, 0.15) is 44.7 Å². The highest BCUT2D eigenvalue weighted by molar-refractivity contribution is 5.76. The third-order valence-corrected chi connectivity index (χ3v) is 3.88.